The Balaban J connectivity index is 1.86. The van der Waals surface area contributed by atoms with Gasteiger partial charge in [0.15, 0.2) is 0 Å². The second-order valence-corrected chi connectivity index (χ2v) is 5.93. The number of rotatable bonds is 4. The fraction of sp³-hybridized carbons (Fsp3) is 0.0435. The molecule has 0 saturated heterocycles. The lowest BCUT2D eigenvalue weighted by molar-refractivity contribution is 0.0698. The Morgan fingerprint density at radius 2 is 1.46 bits per heavy atom. The Morgan fingerprint density at radius 1 is 0.786 bits per heavy atom. The Morgan fingerprint density at radius 3 is 2.18 bits per heavy atom. The molecule has 0 aliphatic rings. The number of hydrogen-bond acceptors (Lipinski definition) is 3. The summed E-state index contributed by atoms with van der Waals surface area (Å²) in [5, 5.41) is 14.9. The van der Waals surface area contributed by atoms with Gasteiger partial charge in [-0.1, -0.05) is 42.2 Å². The molecule has 0 aliphatic carbocycles. The van der Waals surface area contributed by atoms with Gasteiger partial charge in [0.25, 0.3) is 5.91 Å². The Kier molecular flexibility index (Phi) is 5.73. The van der Waals surface area contributed by atoms with Crippen LogP contribution in [-0.4, -0.2) is 24.0 Å². The van der Waals surface area contributed by atoms with Crippen molar-refractivity contribution in [3.8, 4) is 11.8 Å². The molecule has 0 atom stereocenters. The van der Waals surface area contributed by atoms with Crippen molar-refractivity contribution in [2.24, 2.45) is 0 Å². The van der Waals surface area contributed by atoms with Gasteiger partial charge < -0.3 is 15.7 Å². The van der Waals surface area contributed by atoms with Crippen LogP contribution in [0.5, 0.6) is 0 Å². The number of nitrogens with one attached hydrogen (secondary N) is 2. The zero-order valence-corrected chi connectivity index (χ0v) is 15.2. The maximum atomic E-state index is 12.7. The van der Waals surface area contributed by atoms with Crippen molar-refractivity contribution in [2.45, 2.75) is 0 Å². The fourth-order valence-corrected chi connectivity index (χ4v) is 2.66. The van der Waals surface area contributed by atoms with Gasteiger partial charge in [-0.25, -0.2) is 4.79 Å². The molecule has 0 aliphatic heterocycles. The maximum absolute atomic E-state index is 12.7. The predicted molar refractivity (Wildman–Crippen MR) is 110 cm³/mol. The van der Waals surface area contributed by atoms with Crippen LogP contribution in [0.3, 0.4) is 0 Å². The molecule has 0 unspecified atom stereocenters. The summed E-state index contributed by atoms with van der Waals surface area (Å²) in [6, 6.07) is 21.1. The number of carboxylic acids is 1. The topological polar surface area (TPSA) is 78.4 Å². The van der Waals surface area contributed by atoms with Crippen LogP contribution < -0.4 is 10.6 Å². The van der Waals surface area contributed by atoms with E-state index < -0.39 is 11.9 Å². The molecule has 0 saturated carbocycles. The number of hydrogen-bond donors (Lipinski definition) is 3. The molecular formula is C23H18N2O3. The van der Waals surface area contributed by atoms with Crippen molar-refractivity contribution >= 4 is 23.3 Å². The third-order valence-corrected chi connectivity index (χ3v) is 4.06. The number of carbonyl (C=O) groups excluding carboxylic acids is 1. The highest BCUT2D eigenvalue weighted by atomic mass is 16.4. The molecule has 5 nitrogen and oxygen atoms in total. The van der Waals surface area contributed by atoms with Gasteiger partial charge in [-0.2, -0.15) is 0 Å². The van der Waals surface area contributed by atoms with Crippen LogP contribution in [0.25, 0.3) is 0 Å². The first-order valence-corrected chi connectivity index (χ1v) is 8.61. The van der Waals surface area contributed by atoms with E-state index in [0.717, 1.165) is 11.1 Å². The average molecular weight is 370 g/mol. The lowest BCUT2D eigenvalue weighted by Crippen LogP contribution is -2.16. The Labute approximate surface area is 163 Å². The largest absolute Gasteiger partial charge is 0.478 e. The highest BCUT2D eigenvalue weighted by Crippen LogP contribution is 2.21. The maximum Gasteiger partial charge on any atom is 0.337 e. The molecule has 3 rings (SSSR count). The van der Waals surface area contributed by atoms with Gasteiger partial charge in [0.05, 0.1) is 16.8 Å². The molecule has 0 bridgehead atoms. The first-order valence-electron chi connectivity index (χ1n) is 8.61. The smallest absolute Gasteiger partial charge is 0.337 e. The summed E-state index contributed by atoms with van der Waals surface area (Å²) in [7, 11) is 1.71. The van der Waals surface area contributed by atoms with E-state index in [1.165, 1.54) is 6.07 Å². The van der Waals surface area contributed by atoms with Gasteiger partial charge in [0, 0.05) is 23.9 Å². The zero-order valence-electron chi connectivity index (χ0n) is 15.2. The van der Waals surface area contributed by atoms with Crippen molar-refractivity contribution in [2.75, 3.05) is 17.7 Å². The molecule has 0 heterocycles. The molecule has 138 valence electrons. The van der Waals surface area contributed by atoms with Crippen molar-refractivity contribution in [1.29, 1.82) is 0 Å². The van der Waals surface area contributed by atoms with Gasteiger partial charge >= 0.3 is 5.97 Å². The number of benzene rings is 3. The first-order chi connectivity index (χ1) is 13.6. The third kappa shape index (κ3) is 4.37. The van der Waals surface area contributed by atoms with E-state index in [2.05, 4.69) is 22.5 Å². The first kappa shape index (κ1) is 18.7. The quantitative estimate of drug-likeness (QED) is 0.605. The number of carbonyl (C=O) groups is 2. The average Bonchev–Trinajstić information content (AvgIpc) is 2.73. The minimum atomic E-state index is -1.10. The van der Waals surface area contributed by atoms with E-state index in [1.807, 2.05) is 30.3 Å². The van der Waals surface area contributed by atoms with Crippen molar-refractivity contribution < 1.29 is 14.7 Å². The second-order valence-electron chi connectivity index (χ2n) is 5.93. The molecule has 3 aromatic rings. The van der Waals surface area contributed by atoms with Crippen LogP contribution in [0.2, 0.25) is 0 Å². The molecule has 28 heavy (non-hydrogen) atoms. The van der Waals surface area contributed by atoms with Gasteiger partial charge in [-0.3, -0.25) is 4.79 Å². The summed E-state index contributed by atoms with van der Waals surface area (Å²) >= 11 is 0. The summed E-state index contributed by atoms with van der Waals surface area (Å²) in [6.07, 6.45) is 0. The van der Waals surface area contributed by atoms with Gasteiger partial charge in [-0.15, -0.1) is 0 Å². The number of carboxylic acid groups (broad SMARTS) is 1. The molecule has 3 N–H and O–H groups in total. The van der Waals surface area contributed by atoms with Crippen molar-refractivity contribution in [3.63, 3.8) is 0 Å². The minimum Gasteiger partial charge on any atom is -0.478 e. The van der Waals surface area contributed by atoms with Crippen LogP contribution in [0.1, 0.15) is 31.8 Å². The van der Waals surface area contributed by atoms with Crippen LogP contribution in [0.15, 0.2) is 72.8 Å². The van der Waals surface area contributed by atoms with E-state index in [1.54, 1.807) is 43.4 Å². The van der Waals surface area contributed by atoms with E-state index >= 15 is 0 Å². The molecular weight excluding hydrogens is 352 g/mol. The SMILES string of the molecule is CNc1cc(C#Cc2ccccc2)ccc1C(=O)Nc1ccccc1C(=O)O. The third-order valence-electron chi connectivity index (χ3n) is 4.06. The van der Waals surface area contributed by atoms with Crippen LogP contribution in [0.4, 0.5) is 11.4 Å². The van der Waals surface area contributed by atoms with Crippen molar-refractivity contribution in [1.82, 2.24) is 0 Å². The summed E-state index contributed by atoms with van der Waals surface area (Å²) < 4.78 is 0. The lowest BCUT2D eigenvalue weighted by atomic mass is 10.1. The van der Waals surface area contributed by atoms with Crippen molar-refractivity contribution in [3.05, 3.63) is 95.1 Å². The Hall–Kier alpha value is -4.04. The van der Waals surface area contributed by atoms with E-state index in [-0.39, 0.29) is 11.3 Å². The van der Waals surface area contributed by atoms with Crippen LogP contribution in [0, 0.1) is 11.8 Å². The summed E-state index contributed by atoms with van der Waals surface area (Å²) in [5.41, 5.74) is 2.94. The van der Waals surface area contributed by atoms with Gasteiger partial charge in [-0.05, 0) is 42.5 Å². The molecule has 0 radical (unpaired) electrons. The standard InChI is InChI=1S/C23H18N2O3/c1-24-21-15-17(12-11-16-7-3-2-4-8-16)13-14-18(21)22(26)25-20-10-6-5-9-19(20)23(27)28/h2-10,13-15,24H,1H3,(H,25,26)(H,27,28). The number of para-hydroxylation sites is 1. The normalized spacial score (nSPS) is 9.75. The zero-order chi connectivity index (χ0) is 19.9. The number of aromatic carboxylic acids is 1. The number of amides is 1. The molecule has 0 aromatic heterocycles. The van der Waals surface area contributed by atoms with Crippen LogP contribution in [-0.2, 0) is 0 Å². The predicted octanol–water partition coefficient (Wildman–Crippen LogP) is 4.08. The highest BCUT2D eigenvalue weighted by Gasteiger charge is 2.15. The lowest BCUT2D eigenvalue weighted by Gasteiger charge is -2.12. The minimum absolute atomic E-state index is 0.0344. The van der Waals surface area contributed by atoms with E-state index in [0.29, 0.717) is 11.3 Å². The van der Waals surface area contributed by atoms with Gasteiger partial charge in [0.1, 0.15) is 0 Å². The molecule has 0 spiro atoms. The molecule has 5 heteroatoms. The van der Waals surface area contributed by atoms with E-state index in [4.69, 9.17) is 0 Å². The highest BCUT2D eigenvalue weighted by molar-refractivity contribution is 6.10. The summed E-state index contributed by atoms with van der Waals surface area (Å²) in [4.78, 5) is 24.0. The molecule has 0 fully saturated rings. The summed E-state index contributed by atoms with van der Waals surface area (Å²) in [6.45, 7) is 0. The van der Waals surface area contributed by atoms with Gasteiger partial charge in [0.2, 0.25) is 0 Å². The summed E-state index contributed by atoms with van der Waals surface area (Å²) in [5.74, 6) is 4.65. The monoisotopic (exact) mass is 370 g/mol. The van der Waals surface area contributed by atoms with E-state index in [9.17, 15) is 14.7 Å². The fourth-order valence-electron chi connectivity index (χ4n) is 2.66. The number of anilines is 2. The molecule has 1 amide bonds. The van der Waals surface area contributed by atoms with Crippen LogP contribution >= 0.6 is 0 Å². The Bertz CT molecular complexity index is 1080. The molecule has 3 aromatic carbocycles. The second kappa shape index (κ2) is 8.56.